The first kappa shape index (κ1) is 22.2. The highest BCUT2D eigenvalue weighted by atomic mass is 127. The van der Waals surface area contributed by atoms with Crippen LogP contribution in [0.25, 0.3) is 10.8 Å². The summed E-state index contributed by atoms with van der Waals surface area (Å²) >= 11 is 6.20. The fraction of sp³-hybridized carbons (Fsp3) is 0.158. The third kappa shape index (κ3) is 6.24. The quantitative estimate of drug-likeness (QED) is 0.176. The SMILES string of the molecule is NCC(C(=O)Nc1ccc2cnccc2c1)c1ccc(COSP(I)I)cc1. The van der Waals surface area contributed by atoms with Crippen molar-refractivity contribution in [3.05, 3.63) is 72.1 Å². The van der Waals surface area contributed by atoms with Gasteiger partial charge in [-0.25, -0.2) is 0 Å². The minimum atomic E-state index is -0.408. The molecule has 28 heavy (non-hydrogen) atoms. The molecule has 9 heteroatoms. The van der Waals surface area contributed by atoms with Gasteiger partial charge >= 0.3 is 0 Å². The standard InChI is InChI=1S/C19H18I2N3O2PS/c20-27(21)28-26-12-13-1-3-14(4-2-13)18(10-22)19(25)24-17-6-5-16-11-23-8-7-15(16)9-17/h1-9,11,18H,10,12,22H2,(H,24,25). The lowest BCUT2D eigenvalue weighted by molar-refractivity contribution is -0.117. The first-order chi connectivity index (χ1) is 13.6. The Bertz CT molecular complexity index is 944. The Labute approximate surface area is 195 Å². The van der Waals surface area contributed by atoms with Crippen molar-refractivity contribution in [2.75, 3.05) is 11.9 Å². The van der Waals surface area contributed by atoms with Gasteiger partial charge < -0.3 is 15.2 Å². The lowest BCUT2D eigenvalue weighted by Crippen LogP contribution is -2.27. The molecule has 5 nitrogen and oxygen atoms in total. The van der Waals surface area contributed by atoms with Crippen LogP contribution in [0.15, 0.2) is 60.9 Å². The van der Waals surface area contributed by atoms with Gasteiger partial charge in [0.2, 0.25) is 5.91 Å². The number of hydrogen-bond donors (Lipinski definition) is 2. The van der Waals surface area contributed by atoms with Crippen LogP contribution in [0.4, 0.5) is 5.69 Å². The van der Waals surface area contributed by atoms with E-state index < -0.39 is 5.92 Å². The van der Waals surface area contributed by atoms with Gasteiger partial charge in [0.15, 0.2) is 0 Å². The van der Waals surface area contributed by atoms with Gasteiger partial charge in [-0.3, -0.25) is 9.78 Å². The Morgan fingerprint density at radius 3 is 2.68 bits per heavy atom. The van der Waals surface area contributed by atoms with Gasteiger partial charge in [-0.2, -0.15) is 0 Å². The Balaban J connectivity index is 1.66. The molecule has 0 fully saturated rings. The molecule has 0 saturated carbocycles. The lowest BCUT2D eigenvalue weighted by Gasteiger charge is -2.16. The van der Waals surface area contributed by atoms with Crippen molar-refractivity contribution in [1.29, 1.82) is 0 Å². The van der Waals surface area contributed by atoms with Crippen molar-refractivity contribution < 1.29 is 8.98 Å². The zero-order valence-electron chi connectivity index (χ0n) is 14.7. The number of pyridine rings is 1. The zero-order valence-corrected chi connectivity index (χ0v) is 20.7. The van der Waals surface area contributed by atoms with E-state index in [1.54, 1.807) is 12.4 Å². The van der Waals surface area contributed by atoms with Gasteiger partial charge in [0.1, 0.15) is 2.41 Å². The predicted octanol–water partition coefficient (Wildman–Crippen LogP) is 6.18. The van der Waals surface area contributed by atoms with E-state index in [1.807, 2.05) is 48.5 Å². The van der Waals surface area contributed by atoms with Gasteiger partial charge in [-0.05, 0) is 78.8 Å². The average Bonchev–Trinajstić information content (AvgIpc) is 2.69. The summed E-state index contributed by atoms with van der Waals surface area (Å²) in [5.74, 6) is -0.523. The van der Waals surface area contributed by atoms with Crippen LogP contribution in [0.2, 0.25) is 0 Å². The first-order valence-corrected chi connectivity index (χ1v) is 16.7. The topological polar surface area (TPSA) is 77.2 Å². The number of anilines is 1. The molecule has 3 N–H and O–H groups in total. The molecule has 2 aromatic carbocycles. The predicted molar refractivity (Wildman–Crippen MR) is 136 cm³/mol. The van der Waals surface area contributed by atoms with Crippen molar-refractivity contribution in [3.8, 4) is 0 Å². The van der Waals surface area contributed by atoms with Crippen LogP contribution in [0.1, 0.15) is 17.0 Å². The minimum absolute atomic E-state index is 0.115. The largest absolute Gasteiger partial charge is 0.329 e. The molecule has 0 aliphatic carbocycles. The molecular formula is C19H18I2N3O2PS. The summed E-state index contributed by atoms with van der Waals surface area (Å²) in [6.07, 6.45) is 3.54. The molecule has 1 amide bonds. The number of nitrogens with one attached hydrogen (secondary N) is 1. The van der Waals surface area contributed by atoms with Gasteiger partial charge in [0, 0.05) is 41.7 Å². The Kier molecular flexibility index (Phi) is 8.73. The molecular weight excluding hydrogens is 619 g/mol. The van der Waals surface area contributed by atoms with Crippen LogP contribution in [0.3, 0.4) is 0 Å². The van der Waals surface area contributed by atoms with E-state index in [2.05, 4.69) is 54.4 Å². The number of carbonyl (C=O) groups excluding carboxylic acids is 1. The molecule has 1 aromatic heterocycles. The van der Waals surface area contributed by atoms with E-state index in [1.165, 1.54) is 11.7 Å². The molecule has 0 aliphatic heterocycles. The Morgan fingerprint density at radius 1 is 1.18 bits per heavy atom. The molecule has 0 bridgehead atoms. The summed E-state index contributed by atoms with van der Waals surface area (Å²) in [4.78, 5) is 16.9. The maximum absolute atomic E-state index is 12.8. The summed E-state index contributed by atoms with van der Waals surface area (Å²) in [6, 6.07) is 15.5. The summed E-state index contributed by atoms with van der Waals surface area (Å²) in [5.41, 5.74) is 8.62. The highest BCUT2D eigenvalue weighted by Gasteiger charge is 2.19. The fourth-order valence-corrected chi connectivity index (χ4v) is 5.48. The fourth-order valence-electron chi connectivity index (χ4n) is 2.77. The van der Waals surface area contributed by atoms with Crippen molar-refractivity contribution in [3.63, 3.8) is 0 Å². The highest BCUT2D eigenvalue weighted by Crippen LogP contribution is 2.65. The van der Waals surface area contributed by atoms with E-state index in [0.717, 1.165) is 27.6 Å². The molecule has 146 valence electrons. The molecule has 1 atom stereocenters. The number of fused-ring (bicyclic) bond motifs is 1. The molecule has 1 heterocycles. The van der Waals surface area contributed by atoms with Crippen LogP contribution in [0, 0.1) is 0 Å². The Hall–Kier alpha value is -0.520. The number of aromatic nitrogens is 1. The highest BCUT2D eigenvalue weighted by molar-refractivity contribution is 14.3. The molecule has 0 aliphatic rings. The number of amides is 1. The third-order valence-electron chi connectivity index (χ3n) is 4.18. The molecule has 1 unspecified atom stereocenters. The van der Waals surface area contributed by atoms with Crippen molar-refractivity contribution >= 4 is 80.5 Å². The van der Waals surface area contributed by atoms with Gasteiger partial charge in [-0.15, -0.1) is 0 Å². The third-order valence-corrected chi connectivity index (χ3v) is 8.06. The minimum Gasteiger partial charge on any atom is -0.329 e. The number of carbonyl (C=O) groups is 1. The number of halogens is 2. The first-order valence-electron chi connectivity index (χ1n) is 8.41. The second-order valence-corrected chi connectivity index (χ2v) is 23.6. The number of rotatable bonds is 8. The van der Waals surface area contributed by atoms with Crippen LogP contribution in [-0.2, 0) is 15.6 Å². The van der Waals surface area contributed by atoms with Gasteiger partial charge in [-0.1, -0.05) is 30.3 Å². The summed E-state index contributed by atoms with van der Waals surface area (Å²) in [7, 11) is 0. The van der Waals surface area contributed by atoms with Crippen LogP contribution in [0.5, 0.6) is 0 Å². The number of benzene rings is 2. The second-order valence-electron chi connectivity index (χ2n) is 6.00. The van der Waals surface area contributed by atoms with Crippen molar-refractivity contribution in [2.45, 2.75) is 12.5 Å². The molecule has 0 saturated heterocycles. The maximum atomic E-state index is 12.8. The molecule has 0 spiro atoms. The van der Waals surface area contributed by atoms with Crippen molar-refractivity contribution in [1.82, 2.24) is 4.98 Å². The smallest absolute Gasteiger partial charge is 0.233 e. The lowest BCUT2D eigenvalue weighted by atomic mass is 9.97. The van der Waals surface area contributed by atoms with E-state index in [0.29, 0.717) is 6.61 Å². The van der Waals surface area contributed by atoms with E-state index in [4.69, 9.17) is 9.92 Å². The van der Waals surface area contributed by atoms with Crippen LogP contribution >= 0.6 is 58.2 Å². The van der Waals surface area contributed by atoms with E-state index in [9.17, 15) is 4.79 Å². The Morgan fingerprint density at radius 2 is 1.96 bits per heavy atom. The van der Waals surface area contributed by atoms with Gasteiger partial charge in [0.05, 0.1) is 12.5 Å². The summed E-state index contributed by atoms with van der Waals surface area (Å²) < 4.78 is 5.39. The van der Waals surface area contributed by atoms with Crippen molar-refractivity contribution in [2.24, 2.45) is 5.73 Å². The monoisotopic (exact) mass is 637 g/mol. The summed E-state index contributed by atoms with van der Waals surface area (Å²) in [5, 5.41) is 5.04. The maximum Gasteiger partial charge on any atom is 0.233 e. The van der Waals surface area contributed by atoms with Crippen LogP contribution in [-0.4, -0.2) is 17.4 Å². The normalized spacial score (nSPS) is 12.3. The number of nitrogens with zero attached hydrogens (tertiary/aromatic N) is 1. The number of nitrogens with two attached hydrogens (primary N) is 1. The molecule has 3 aromatic rings. The molecule has 0 radical (unpaired) electrons. The van der Waals surface area contributed by atoms with Gasteiger partial charge in [0.25, 0.3) is 0 Å². The average molecular weight is 637 g/mol. The van der Waals surface area contributed by atoms with Crippen LogP contribution < -0.4 is 11.1 Å². The van der Waals surface area contributed by atoms with E-state index >= 15 is 0 Å². The van der Waals surface area contributed by atoms with E-state index in [-0.39, 0.29) is 14.9 Å². The number of hydrogen-bond acceptors (Lipinski definition) is 5. The zero-order chi connectivity index (χ0) is 19.9. The second kappa shape index (κ2) is 11.0. The molecule has 3 rings (SSSR count). The summed E-state index contributed by atoms with van der Waals surface area (Å²) in [6.45, 7) is 0.782.